The van der Waals surface area contributed by atoms with Crippen LogP contribution in [0.25, 0.3) is 0 Å². The highest BCUT2D eigenvalue weighted by molar-refractivity contribution is 7.92. The van der Waals surface area contributed by atoms with Crippen molar-refractivity contribution in [1.29, 1.82) is 0 Å². The van der Waals surface area contributed by atoms with Crippen molar-refractivity contribution in [2.24, 2.45) is 5.10 Å². The second kappa shape index (κ2) is 10.9. The molecule has 0 fully saturated rings. The van der Waals surface area contributed by atoms with Crippen molar-refractivity contribution in [3.05, 3.63) is 76.8 Å². The molecule has 0 aliphatic carbocycles. The Labute approximate surface area is 202 Å². The second-order valence-electron chi connectivity index (χ2n) is 6.75. The normalized spacial score (nSPS) is 11.2. The summed E-state index contributed by atoms with van der Waals surface area (Å²) in [5.41, 5.74) is 3.09. The van der Waals surface area contributed by atoms with Crippen LogP contribution in [0.1, 0.15) is 15.9 Å². The van der Waals surface area contributed by atoms with Crippen LogP contribution in [0.5, 0.6) is 17.2 Å². The molecule has 0 spiro atoms. The first-order valence-electron chi connectivity index (χ1n) is 9.80. The van der Waals surface area contributed by atoms with Gasteiger partial charge in [0.2, 0.25) is 0 Å². The number of methoxy groups -OCH3 is 3. The number of sulfonamides is 1. The summed E-state index contributed by atoms with van der Waals surface area (Å²) >= 11 is 5.83. The topological polar surface area (TPSA) is 115 Å². The van der Waals surface area contributed by atoms with Crippen LogP contribution >= 0.6 is 11.6 Å². The molecule has 178 valence electrons. The monoisotopic (exact) mass is 503 g/mol. The summed E-state index contributed by atoms with van der Waals surface area (Å²) in [6, 6.07) is 15.1. The lowest BCUT2D eigenvalue weighted by Gasteiger charge is -2.12. The van der Waals surface area contributed by atoms with Crippen molar-refractivity contribution in [3.8, 4) is 17.2 Å². The number of benzene rings is 3. The molecule has 0 bridgehead atoms. The second-order valence-corrected chi connectivity index (χ2v) is 8.87. The van der Waals surface area contributed by atoms with Gasteiger partial charge in [0.05, 0.1) is 43.7 Å². The van der Waals surface area contributed by atoms with Crippen LogP contribution in [0, 0.1) is 0 Å². The predicted molar refractivity (Wildman–Crippen MR) is 130 cm³/mol. The molecular weight excluding hydrogens is 482 g/mol. The minimum Gasteiger partial charge on any atom is -0.496 e. The van der Waals surface area contributed by atoms with Gasteiger partial charge in [0.1, 0.15) is 5.75 Å². The van der Waals surface area contributed by atoms with Gasteiger partial charge in [-0.2, -0.15) is 5.10 Å². The molecule has 9 nitrogen and oxygen atoms in total. The highest BCUT2D eigenvalue weighted by Crippen LogP contribution is 2.33. The summed E-state index contributed by atoms with van der Waals surface area (Å²) in [5.74, 6) is 0.761. The highest BCUT2D eigenvalue weighted by atomic mass is 35.5. The third-order valence-electron chi connectivity index (χ3n) is 4.65. The van der Waals surface area contributed by atoms with Crippen LogP contribution in [0.4, 0.5) is 5.69 Å². The van der Waals surface area contributed by atoms with Gasteiger partial charge in [-0.3, -0.25) is 9.52 Å². The standard InChI is InChI=1S/C23H22ClN3O6S/c1-31-20-13-22(33-3)21(32-2)12-15(20)14-25-26-23(28)18-6-4-5-7-19(18)27-34(29,30)17-10-8-16(24)9-11-17/h4-14,27H,1-3H3,(H,26,28)/b25-14-. The number of anilines is 1. The first-order valence-corrected chi connectivity index (χ1v) is 11.7. The summed E-state index contributed by atoms with van der Waals surface area (Å²) in [5, 5.41) is 4.38. The fourth-order valence-electron chi connectivity index (χ4n) is 2.96. The molecule has 0 heterocycles. The number of rotatable bonds is 9. The number of hydrazone groups is 1. The maximum atomic E-state index is 12.7. The zero-order valence-corrected chi connectivity index (χ0v) is 20.1. The molecule has 11 heteroatoms. The molecule has 0 saturated heterocycles. The largest absolute Gasteiger partial charge is 0.496 e. The maximum Gasteiger partial charge on any atom is 0.273 e. The number of carbonyl (C=O) groups excluding carboxylic acids is 1. The summed E-state index contributed by atoms with van der Waals surface area (Å²) in [6.45, 7) is 0. The Morgan fingerprint density at radius 2 is 1.53 bits per heavy atom. The molecular formula is C23H22ClN3O6S. The number of ether oxygens (including phenoxy) is 3. The van der Waals surface area contributed by atoms with Crippen LogP contribution in [-0.2, 0) is 10.0 Å². The molecule has 0 aliphatic heterocycles. The maximum absolute atomic E-state index is 12.7. The molecule has 0 aliphatic rings. The first-order chi connectivity index (χ1) is 16.3. The summed E-state index contributed by atoms with van der Waals surface area (Å²) < 4.78 is 43.7. The van der Waals surface area contributed by atoms with E-state index >= 15 is 0 Å². The van der Waals surface area contributed by atoms with Crippen LogP contribution in [0.2, 0.25) is 5.02 Å². The van der Waals surface area contributed by atoms with E-state index < -0.39 is 15.9 Å². The van der Waals surface area contributed by atoms with Crippen LogP contribution in [0.15, 0.2) is 70.7 Å². The van der Waals surface area contributed by atoms with Gasteiger partial charge in [-0.25, -0.2) is 13.8 Å². The number of hydrogen-bond donors (Lipinski definition) is 2. The molecule has 3 aromatic rings. The molecule has 34 heavy (non-hydrogen) atoms. The quantitative estimate of drug-likeness (QED) is 0.337. The molecule has 0 radical (unpaired) electrons. The number of carbonyl (C=O) groups is 1. The van der Waals surface area contributed by atoms with E-state index in [4.69, 9.17) is 25.8 Å². The first kappa shape index (κ1) is 24.9. The van der Waals surface area contributed by atoms with Gasteiger partial charge < -0.3 is 14.2 Å². The number of halogens is 1. The van der Waals surface area contributed by atoms with Crippen molar-refractivity contribution in [1.82, 2.24) is 5.43 Å². The fourth-order valence-corrected chi connectivity index (χ4v) is 4.17. The number of hydrogen-bond acceptors (Lipinski definition) is 7. The molecule has 0 saturated carbocycles. The van der Waals surface area contributed by atoms with Gasteiger partial charge in [0.25, 0.3) is 15.9 Å². The smallest absolute Gasteiger partial charge is 0.273 e. The Balaban J connectivity index is 1.81. The van der Waals surface area contributed by atoms with E-state index in [0.717, 1.165) is 0 Å². The predicted octanol–water partition coefficient (Wildman–Crippen LogP) is 3.93. The lowest BCUT2D eigenvalue weighted by molar-refractivity contribution is 0.0956. The minimum atomic E-state index is -3.94. The van der Waals surface area contributed by atoms with Gasteiger partial charge in [-0.05, 0) is 42.5 Å². The van der Waals surface area contributed by atoms with E-state index in [1.54, 1.807) is 24.3 Å². The molecule has 0 atom stereocenters. The number of nitrogens with one attached hydrogen (secondary N) is 2. The third kappa shape index (κ3) is 5.77. The highest BCUT2D eigenvalue weighted by Gasteiger charge is 2.18. The number of para-hydroxylation sites is 1. The van der Waals surface area contributed by atoms with Crippen molar-refractivity contribution < 1.29 is 27.4 Å². The van der Waals surface area contributed by atoms with E-state index in [0.29, 0.717) is 27.8 Å². The van der Waals surface area contributed by atoms with Gasteiger partial charge in [-0.15, -0.1) is 0 Å². The minimum absolute atomic E-state index is 0.00526. The molecule has 1 amide bonds. The van der Waals surface area contributed by atoms with Gasteiger partial charge in [-0.1, -0.05) is 23.7 Å². The molecule has 3 rings (SSSR count). The summed E-state index contributed by atoms with van der Waals surface area (Å²) in [6.07, 6.45) is 1.37. The van der Waals surface area contributed by atoms with Crippen molar-refractivity contribution >= 4 is 39.4 Å². The van der Waals surface area contributed by atoms with E-state index in [-0.39, 0.29) is 16.1 Å². The fraction of sp³-hybridized carbons (Fsp3) is 0.130. The Kier molecular flexibility index (Phi) is 7.98. The number of amides is 1. The van der Waals surface area contributed by atoms with E-state index in [1.165, 1.54) is 63.9 Å². The third-order valence-corrected chi connectivity index (χ3v) is 6.28. The summed E-state index contributed by atoms with van der Waals surface area (Å²) in [7, 11) is 0.543. The van der Waals surface area contributed by atoms with Gasteiger partial charge >= 0.3 is 0 Å². The van der Waals surface area contributed by atoms with Crippen LogP contribution in [0.3, 0.4) is 0 Å². The van der Waals surface area contributed by atoms with Crippen LogP contribution < -0.4 is 24.4 Å². The average Bonchev–Trinajstić information content (AvgIpc) is 2.83. The SMILES string of the molecule is COc1cc(OC)c(OC)cc1/C=N\NC(=O)c1ccccc1NS(=O)(=O)c1ccc(Cl)cc1. The molecule has 0 aromatic heterocycles. The summed E-state index contributed by atoms with van der Waals surface area (Å²) in [4.78, 5) is 12.8. The molecule has 0 unspecified atom stereocenters. The Morgan fingerprint density at radius 1 is 0.912 bits per heavy atom. The zero-order chi connectivity index (χ0) is 24.7. The van der Waals surface area contributed by atoms with Crippen molar-refractivity contribution in [2.75, 3.05) is 26.1 Å². The zero-order valence-electron chi connectivity index (χ0n) is 18.5. The van der Waals surface area contributed by atoms with E-state index in [2.05, 4.69) is 15.2 Å². The van der Waals surface area contributed by atoms with Crippen LogP contribution in [-0.4, -0.2) is 41.9 Å². The molecule has 3 aromatic carbocycles. The Morgan fingerprint density at radius 3 is 2.18 bits per heavy atom. The van der Waals surface area contributed by atoms with Gasteiger partial charge in [0, 0.05) is 16.7 Å². The lowest BCUT2D eigenvalue weighted by Crippen LogP contribution is -2.21. The van der Waals surface area contributed by atoms with Crippen molar-refractivity contribution in [2.45, 2.75) is 4.90 Å². The Hall–Kier alpha value is -3.76. The Bertz CT molecular complexity index is 1310. The number of nitrogens with zero attached hydrogens (tertiary/aromatic N) is 1. The lowest BCUT2D eigenvalue weighted by atomic mass is 10.2. The van der Waals surface area contributed by atoms with E-state index in [1.807, 2.05) is 0 Å². The van der Waals surface area contributed by atoms with E-state index in [9.17, 15) is 13.2 Å². The van der Waals surface area contributed by atoms with Crippen molar-refractivity contribution in [3.63, 3.8) is 0 Å². The molecule has 2 N–H and O–H groups in total. The van der Waals surface area contributed by atoms with Gasteiger partial charge in [0.15, 0.2) is 11.5 Å². The average molecular weight is 504 g/mol.